The van der Waals surface area contributed by atoms with Crippen LogP contribution in [0.15, 0.2) is 30.6 Å². The van der Waals surface area contributed by atoms with Crippen LogP contribution in [0.2, 0.25) is 0 Å². The Labute approximate surface area is 108 Å². The predicted octanol–water partition coefficient (Wildman–Crippen LogP) is 3.58. The summed E-state index contributed by atoms with van der Waals surface area (Å²) in [7, 11) is 0. The van der Waals surface area contributed by atoms with Gasteiger partial charge in [0.05, 0.1) is 18.1 Å². The Bertz CT molecular complexity index is 518. The van der Waals surface area contributed by atoms with E-state index in [0.29, 0.717) is 0 Å². The van der Waals surface area contributed by atoms with Crippen molar-refractivity contribution in [2.75, 3.05) is 11.9 Å². The van der Waals surface area contributed by atoms with Gasteiger partial charge in [0.1, 0.15) is 5.82 Å². The zero-order valence-electron chi connectivity index (χ0n) is 11.2. The molecular formula is C15H19N3. The molecule has 18 heavy (non-hydrogen) atoms. The topological polar surface area (TPSA) is 37.8 Å². The maximum Gasteiger partial charge on any atom is 0.144 e. The SMILES string of the molecule is CCCNc1cnc(-c2cc(C)ccc2C)cn1. The second-order valence-electron chi connectivity index (χ2n) is 4.53. The fourth-order valence-corrected chi connectivity index (χ4v) is 1.82. The van der Waals surface area contributed by atoms with Gasteiger partial charge in [-0.1, -0.05) is 24.6 Å². The van der Waals surface area contributed by atoms with E-state index in [1.54, 1.807) is 6.20 Å². The van der Waals surface area contributed by atoms with Crippen molar-refractivity contribution >= 4 is 5.82 Å². The third-order valence-corrected chi connectivity index (χ3v) is 2.88. The molecule has 1 heterocycles. The van der Waals surface area contributed by atoms with Crippen LogP contribution in [0.1, 0.15) is 24.5 Å². The van der Waals surface area contributed by atoms with Crippen LogP contribution in [-0.2, 0) is 0 Å². The van der Waals surface area contributed by atoms with E-state index < -0.39 is 0 Å². The molecule has 0 spiro atoms. The van der Waals surface area contributed by atoms with Crippen molar-refractivity contribution in [2.24, 2.45) is 0 Å². The van der Waals surface area contributed by atoms with Crippen LogP contribution >= 0.6 is 0 Å². The molecule has 1 aromatic heterocycles. The minimum atomic E-state index is 0.839. The van der Waals surface area contributed by atoms with Crippen LogP contribution in [-0.4, -0.2) is 16.5 Å². The van der Waals surface area contributed by atoms with Crippen molar-refractivity contribution in [2.45, 2.75) is 27.2 Å². The average Bonchev–Trinajstić information content (AvgIpc) is 2.40. The number of hydrogen-bond acceptors (Lipinski definition) is 3. The lowest BCUT2D eigenvalue weighted by Crippen LogP contribution is -2.02. The van der Waals surface area contributed by atoms with Crippen molar-refractivity contribution in [3.05, 3.63) is 41.7 Å². The normalized spacial score (nSPS) is 10.4. The molecule has 0 aliphatic carbocycles. The number of rotatable bonds is 4. The first-order chi connectivity index (χ1) is 8.70. The molecule has 2 rings (SSSR count). The molecule has 0 fully saturated rings. The Hall–Kier alpha value is -1.90. The lowest BCUT2D eigenvalue weighted by molar-refractivity contribution is 0.965. The van der Waals surface area contributed by atoms with E-state index in [2.05, 4.69) is 54.3 Å². The van der Waals surface area contributed by atoms with Crippen molar-refractivity contribution < 1.29 is 0 Å². The fourth-order valence-electron chi connectivity index (χ4n) is 1.82. The van der Waals surface area contributed by atoms with Gasteiger partial charge in [-0.25, -0.2) is 4.98 Å². The second kappa shape index (κ2) is 5.63. The smallest absolute Gasteiger partial charge is 0.144 e. The summed E-state index contributed by atoms with van der Waals surface area (Å²) in [5.74, 6) is 0.839. The Morgan fingerprint density at radius 1 is 1.11 bits per heavy atom. The first-order valence-corrected chi connectivity index (χ1v) is 6.34. The highest BCUT2D eigenvalue weighted by Gasteiger charge is 2.04. The van der Waals surface area contributed by atoms with Crippen molar-refractivity contribution in [1.29, 1.82) is 0 Å². The van der Waals surface area contributed by atoms with E-state index in [0.717, 1.165) is 30.0 Å². The van der Waals surface area contributed by atoms with E-state index in [-0.39, 0.29) is 0 Å². The number of aromatic nitrogens is 2. The molecule has 1 aromatic carbocycles. The zero-order valence-corrected chi connectivity index (χ0v) is 11.2. The quantitative estimate of drug-likeness (QED) is 0.889. The molecule has 0 saturated heterocycles. The lowest BCUT2D eigenvalue weighted by atomic mass is 10.0. The minimum absolute atomic E-state index is 0.839. The summed E-state index contributed by atoms with van der Waals surface area (Å²) in [6.45, 7) is 7.25. The third-order valence-electron chi connectivity index (χ3n) is 2.88. The number of anilines is 1. The van der Waals surface area contributed by atoms with E-state index in [9.17, 15) is 0 Å². The summed E-state index contributed by atoms with van der Waals surface area (Å²) in [5, 5.41) is 3.23. The molecule has 0 bridgehead atoms. The highest BCUT2D eigenvalue weighted by atomic mass is 15.0. The van der Waals surface area contributed by atoms with Gasteiger partial charge in [0.15, 0.2) is 0 Å². The van der Waals surface area contributed by atoms with Gasteiger partial charge in [-0.05, 0) is 31.9 Å². The standard InChI is InChI=1S/C15H19N3/c1-4-7-16-15-10-17-14(9-18-15)13-8-11(2)5-6-12(13)3/h5-6,8-10H,4,7H2,1-3H3,(H,16,18). The van der Waals surface area contributed by atoms with Crippen molar-refractivity contribution in [3.63, 3.8) is 0 Å². The molecule has 0 unspecified atom stereocenters. The van der Waals surface area contributed by atoms with E-state index >= 15 is 0 Å². The molecule has 3 nitrogen and oxygen atoms in total. The van der Waals surface area contributed by atoms with Crippen LogP contribution in [0.4, 0.5) is 5.82 Å². The molecule has 0 amide bonds. The summed E-state index contributed by atoms with van der Waals surface area (Å²) in [6.07, 6.45) is 4.72. The van der Waals surface area contributed by atoms with Crippen LogP contribution in [0.25, 0.3) is 11.3 Å². The Kier molecular flexibility index (Phi) is 3.92. The average molecular weight is 241 g/mol. The highest BCUT2D eigenvalue weighted by Crippen LogP contribution is 2.22. The largest absolute Gasteiger partial charge is 0.369 e. The number of hydrogen-bond donors (Lipinski definition) is 1. The number of benzene rings is 1. The van der Waals surface area contributed by atoms with Gasteiger partial charge in [0.25, 0.3) is 0 Å². The first kappa shape index (κ1) is 12.6. The number of nitrogens with zero attached hydrogens (tertiary/aromatic N) is 2. The summed E-state index contributed by atoms with van der Waals surface area (Å²) >= 11 is 0. The van der Waals surface area contributed by atoms with Gasteiger partial charge in [-0.15, -0.1) is 0 Å². The lowest BCUT2D eigenvalue weighted by Gasteiger charge is -2.07. The molecule has 1 N–H and O–H groups in total. The molecule has 0 atom stereocenters. The summed E-state index contributed by atoms with van der Waals surface area (Å²) < 4.78 is 0. The van der Waals surface area contributed by atoms with Gasteiger partial charge in [0.2, 0.25) is 0 Å². The van der Waals surface area contributed by atoms with E-state index in [1.807, 2.05) is 6.20 Å². The van der Waals surface area contributed by atoms with Crippen molar-refractivity contribution in [3.8, 4) is 11.3 Å². The van der Waals surface area contributed by atoms with E-state index in [1.165, 1.54) is 11.1 Å². The molecule has 2 aromatic rings. The van der Waals surface area contributed by atoms with Gasteiger partial charge in [0, 0.05) is 12.1 Å². The zero-order chi connectivity index (χ0) is 13.0. The Balaban J connectivity index is 2.25. The maximum absolute atomic E-state index is 4.48. The molecule has 0 aliphatic rings. The summed E-state index contributed by atoms with van der Waals surface area (Å²) in [4.78, 5) is 8.87. The monoisotopic (exact) mass is 241 g/mol. The maximum atomic E-state index is 4.48. The highest BCUT2D eigenvalue weighted by molar-refractivity contribution is 5.64. The summed E-state index contributed by atoms with van der Waals surface area (Å²) in [5.41, 5.74) is 4.55. The Morgan fingerprint density at radius 3 is 2.61 bits per heavy atom. The molecule has 3 heteroatoms. The number of aryl methyl sites for hydroxylation is 2. The molecule has 0 saturated carbocycles. The molecule has 94 valence electrons. The molecular weight excluding hydrogens is 222 g/mol. The molecule has 0 aliphatic heterocycles. The first-order valence-electron chi connectivity index (χ1n) is 6.34. The van der Waals surface area contributed by atoms with Gasteiger partial charge < -0.3 is 5.32 Å². The van der Waals surface area contributed by atoms with Crippen LogP contribution in [0.3, 0.4) is 0 Å². The third kappa shape index (κ3) is 2.86. The van der Waals surface area contributed by atoms with Crippen LogP contribution in [0.5, 0.6) is 0 Å². The van der Waals surface area contributed by atoms with Gasteiger partial charge >= 0.3 is 0 Å². The van der Waals surface area contributed by atoms with Gasteiger partial charge in [-0.3, -0.25) is 4.98 Å². The van der Waals surface area contributed by atoms with Crippen LogP contribution in [0, 0.1) is 13.8 Å². The van der Waals surface area contributed by atoms with E-state index in [4.69, 9.17) is 0 Å². The Morgan fingerprint density at radius 2 is 1.94 bits per heavy atom. The van der Waals surface area contributed by atoms with Gasteiger partial charge in [-0.2, -0.15) is 0 Å². The second-order valence-corrected chi connectivity index (χ2v) is 4.53. The molecule has 0 radical (unpaired) electrons. The minimum Gasteiger partial charge on any atom is -0.369 e. The van der Waals surface area contributed by atoms with Crippen molar-refractivity contribution in [1.82, 2.24) is 9.97 Å². The summed E-state index contributed by atoms with van der Waals surface area (Å²) in [6, 6.07) is 6.39. The predicted molar refractivity (Wildman–Crippen MR) is 75.7 cm³/mol. The fraction of sp³-hybridized carbons (Fsp3) is 0.333. The number of nitrogens with one attached hydrogen (secondary N) is 1. The van der Waals surface area contributed by atoms with Crippen LogP contribution < -0.4 is 5.32 Å².